The van der Waals surface area contributed by atoms with Crippen LogP contribution in [0.3, 0.4) is 0 Å². The minimum atomic E-state index is -0.264. The highest BCUT2D eigenvalue weighted by atomic mass is 32.2. The van der Waals surface area contributed by atoms with Gasteiger partial charge in [0.2, 0.25) is 0 Å². The number of fused-ring (bicyclic) bond motifs is 1. The van der Waals surface area contributed by atoms with Gasteiger partial charge in [0.05, 0.1) is 0 Å². The molecule has 0 spiro atoms. The first-order chi connectivity index (χ1) is 9.96. The minimum Gasteiger partial charge on any atom is -0.367 e. The van der Waals surface area contributed by atoms with E-state index >= 15 is 0 Å². The highest BCUT2D eigenvalue weighted by molar-refractivity contribution is 7.98. The van der Waals surface area contributed by atoms with E-state index in [0.29, 0.717) is 12.0 Å². The van der Waals surface area contributed by atoms with Crippen LogP contribution in [0.2, 0.25) is 0 Å². The van der Waals surface area contributed by atoms with Crippen molar-refractivity contribution in [2.45, 2.75) is 63.6 Å². The van der Waals surface area contributed by atoms with Gasteiger partial charge in [0.15, 0.2) is 0 Å². The Labute approximate surface area is 136 Å². The van der Waals surface area contributed by atoms with Crippen molar-refractivity contribution in [3.63, 3.8) is 0 Å². The van der Waals surface area contributed by atoms with Crippen LogP contribution in [-0.4, -0.2) is 16.6 Å². The molecule has 0 atom stereocenters. The fourth-order valence-electron chi connectivity index (χ4n) is 3.34. The van der Waals surface area contributed by atoms with E-state index in [9.17, 15) is 0 Å². The number of nitrogens with zero attached hydrogens (tertiary/aromatic N) is 1. The highest BCUT2D eigenvalue weighted by Crippen LogP contribution is 2.46. The van der Waals surface area contributed by atoms with Gasteiger partial charge in [-0.15, -0.1) is 0 Å². The van der Waals surface area contributed by atoms with Crippen molar-refractivity contribution in [2.24, 2.45) is 5.41 Å². The second-order valence-electron chi connectivity index (χ2n) is 6.93. The van der Waals surface area contributed by atoms with Crippen molar-refractivity contribution in [3.05, 3.63) is 21.7 Å². The molecule has 1 fully saturated rings. The summed E-state index contributed by atoms with van der Waals surface area (Å²) in [6, 6.07) is 0. The first-order valence-electron chi connectivity index (χ1n) is 7.80. The molecule has 1 aliphatic heterocycles. The Kier molecular flexibility index (Phi) is 4.19. The number of H-pyrrole nitrogens is 1. The molecule has 116 valence electrons. The van der Waals surface area contributed by atoms with E-state index in [1.807, 2.05) is 11.8 Å². The second-order valence-corrected chi connectivity index (χ2v) is 8.30. The summed E-state index contributed by atoms with van der Waals surface area (Å²) >= 11 is 7.42. The summed E-state index contributed by atoms with van der Waals surface area (Å²) in [6.45, 7) is 7.48. The van der Waals surface area contributed by atoms with Gasteiger partial charge in [0, 0.05) is 29.4 Å². The molecule has 0 saturated heterocycles. The molecule has 5 heteroatoms. The number of hydrogen-bond acceptors (Lipinski definition) is 4. The van der Waals surface area contributed by atoms with Crippen molar-refractivity contribution in [3.8, 4) is 0 Å². The van der Waals surface area contributed by atoms with E-state index in [-0.39, 0.29) is 5.60 Å². The molecule has 0 bridgehead atoms. The van der Waals surface area contributed by atoms with Crippen molar-refractivity contribution in [2.75, 3.05) is 6.61 Å². The Morgan fingerprint density at radius 2 is 1.95 bits per heavy atom. The highest BCUT2D eigenvalue weighted by Gasteiger charge is 2.42. The molecule has 0 unspecified atom stereocenters. The second kappa shape index (κ2) is 5.67. The van der Waals surface area contributed by atoms with Crippen molar-refractivity contribution in [1.82, 2.24) is 9.97 Å². The molecule has 0 amide bonds. The predicted molar refractivity (Wildman–Crippen MR) is 90.0 cm³/mol. The van der Waals surface area contributed by atoms with E-state index in [2.05, 4.69) is 25.8 Å². The Bertz CT molecular complexity index is 584. The quantitative estimate of drug-likeness (QED) is 0.817. The van der Waals surface area contributed by atoms with Gasteiger partial charge in [0.25, 0.3) is 0 Å². The van der Waals surface area contributed by atoms with Crippen LogP contribution in [-0.2, 0) is 21.8 Å². The molecule has 1 aromatic heterocycles. The molecule has 1 N–H and O–H groups in total. The topological polar surface area (TPSA) is 37.9 Å². The van der Waals surface area contributed by atoms with Crippen molar-refractivity contribution < 1.29 is 4.74 Å². The molecular weight excluding hydrogens is 300 g/mol. The maximum Gasteiger partial charge on any atom is 0.140 e. The summed E-state index contributed by atoms with van der Waals surface area (Å²) in [4.78, 5) is 8.29. The molecule has 2 aliphatic rings. The van der Waals surface area contributed by atoms with Gasteiger partial charge in [-0.1, -0.05) is 26.1 Å². The van der Waals surface area contributed by atoms with E-state index in [1.165, 1.54) is 24.1 Å². The molecule has 21 heavy (non-hydrogen) atoms. The normalized spacial score (nSPS) is 23.0. The van der Waals surface area contributed by atoms with Gasteiger partial charge in [-0.3, -0.25) is 0 Å². The third-order valence-corrected chi connectivity index (χ3v) is 6.18. The third kappa shape index (κ3) is 2.92. The smallest absolute Gasteiger partial charge is 0.140 e. The van der Waals surface area contributed by atoms with Gasteiger partial charge in [-0.25, -0.2) is 4.98 Å². The molecule has 1 aromatic rings. The van der Waals surface area contributed by atoms with Crippen LogP contribution in [0.4, 0.5) is 0 Å². The molecule has 2 heterocycles. The maximum atomic E-state index is 6.22. The van der Waals surface area contributed by atoms with Crippen LogP contribution >= 0.6 is 24.0 Å². The lowest BCUT2D eigenvalue weighted by Gasteiger charge is -2.42. The van der Waals surface area contributed by atoms with E-state index < -0.39 is 0 Å². The zero-order valence-electron chi connectivity index (χ0n) is 13.1. The summed E-state index contributed by atoms with van der Waals surface area (Å²) < 4.78 is 6.99. The van der Waals surface area contributed by atoms with E-state index in [1.54, 1.807) is 0 Å². The molecule has 3 rings (SSSR count). The monoisotopic (exact) mass is 324 g/mol. The summed E-state index contributed by atoms with van der Waals surface area (Å²) in [7, 11) is 0. The first-order valence-corrected chi connectivity index (χ1v) is 9.36. The maximum absolute atomic E-state index is 6.22. The molecular formula is C16H24N2OS2. The third-order valence-electron chi connectivity index (χ3n) is 4.86. The molecule has 1 saturated carbocycles. The number of ether oxygens (including phenoxy) is 1. The molecule has 0 aromatic carbocycles. The largest absolute Gasteiger partial charge is 0.367 e. The lowest BCUT2D eigenvalue weighted by atomic mass is 9.70. The lowest BCUT2D eigenvalue weighted by molar-refractivity contribution is -0.0949. The number of hydrogen-bond donors (Lipinski definition) is 1. The number of aromatic nitrogens is 2. The summed E-state index contributed by atoms with van der Waals surface area (Å²) in [5.74, 6) is 2.97. The Morgan fingerprint density at radius 1 is 1.24 bits per heavy atom. The van der Waals surface area contributed by atoms with Gasteiger partial charge >= 0.3 is 0 Å². The number of nitrogens with one attached hydrogen (secondary N) is 1. The Hall–Kier alpha value is -0.390. The fourth-order valence-corrected chi connectivity index (χ4v) is 4.79. The van der Waals surface area contributed by atoms with Crippen LogP contribution in [0.1, 0.15) is 63.5 Å². The first kappa shape index (κ1) is 15.5. The molecule has 3 nitrogen and oxygen atoms in total. The summed E-state index contributed by atoms with van der Waals surface area (Å²) in [5.41, 5.74) is 2.63. The van der Waals surface area contributed by atoms with Gasteiger partial charge in [0.1, 0.15) is 16.1 Å². The minimum absolute atomic E-state index is 0.264. The van der Waals surface area contributed by atoms with E-state index in [4.69, 9.17) is 21.9 Å². The van der Waals surface area contributed by atoms with Crippen LogP contribution < -0.4 is 0 Å². The average Bonchev–Trinajstić information content (AvgIpc) is 2.91. The van der Waals surface area contributed by atoms with Crippen LogP contribution in [0, 0.1) is 10.1 Å². The molecule has 0 radical (unpaired) electrons. The SMILES string of the molecule is CCOC1(c2nc(=S)c3c([nH]2)CSC3)CCC(C)(C)CC1. The number of thioether (sulfide) groups is 1. The van der Waals surface area contributed by atoms with Gasteiger partial charge < -0.3 is 9.72 Å². The Morgan fingerprint density at radius 3 is 2.62 bits per heavy atom. The predicted octanol–water partition coefficient (Wildman–Crippen LogP) is 4.72. The number of aromatic amines is 1. The van der Waals surface area contributed by atoms with Crippen molar-refractivity contribution in [1.29, 1.82) is 0 Å². The van der Waals surface area contributed by atoms with Gasteiger partial charge in [-0.05, 0) is 38.0 Å². The standard InChI is InChI=1S/C16H24N2OS2/c1-4-19-16(7-5-15(2,3)6-8-16)14-17-12-10-21-9-11(12)13(20)18-14/h4-10H2,1-3H3,(H,17,18,20). The van der Waals surface area contributed by atoms with Crippen LogP contribution in [0.5, 0.6) is 0 Å². The van der Waals surface area contributed by atoms with Crippen LogP contribution in [0.25, 0.3) is 0 Å². The fraction of sp³-hybridized carbons (Fsp3) is 0.750. The number of rotatable bonds is 3. The van der Waals surface area contributed by atoms with Crippen molar-refractivity contribution >= 4 is 24.0 Å². The average molecular weight is 325 g/mol. The van der Waals surface area contributed by atoms with Gasteiger partial charge in [-0.2, -0.15) is 11.8 Å². The van der Waals surface area contributed by atoms with Crippen LogP contribution in [0.15, 0.2) is 0 Å². The van der Waals surface area contributed by atoms with E-state index in [0.717, 1.165) is 34.8 Å². The zero-order chi connectivity index (χ0) is 15.1. The zero-order valence-corrected chi connectivity index (χ0v) is 14.8. The Balaban J connectivity index is 1.99. The lowest BCUT2D eigenvalue weighted by Crippen LogP contribution is -2.39. The molecule has 1 aliphatic carbocycles. The summed E-state index contributed by atoms with van der Waals surface area (Å²) in [6.07, 6.45) is 4.39. The summed E-state index contributed by atoms with van der Waals surface area (Å²) in [5, 5.41) is 0.